The van der Waals surface area contributed by atoms with Gasteiger partial charge in [-0.2, -0.15) is 0 Å². The van der Waals surface area contributed by atoms with E-state index in [1.165, 1.54) is 70.2 Å². The predicted octanol–water partition coefficient (Wildman–Crippen LogP) is 7.83. The fourth-order valence-electron chi connectivity index (χ4n) is 9.81. The molecular weight excluding hydrogens is 807 g/mol. The number of anilines is 6. The van der Waals surface area contributed by atoms with Crippen LogP contribution in [0.5, 0.6) is 0 Å². The zero-order valence-electron chi connectivity index (χ0n) is 34.8. The Morgan fingerprint density at radius 3 is 1.23 bits per heavy atom. The Kier molecular flexibility index (Phi) is 9.05. The number of hydrogen-bond acceptors (Lipinski definition) is 10. The average Bonchev–Trinajstić information content (AvgIpc) is 3.58. The molecule has 6 aliphatic rings. The predicted molar refractivity (Wildman–Crippen MR) is 220 cm³/mol. The third kappa shape index (κ3) is 5.86. The molecule has 4 heterocycles. The Bertz CT molecular complexity index is 2500. The Balaban J connectivity index is 0.000000158. The molecule has 0 N–H and O–H groups in total. The minimum absolute atomic E-state index is 0.171. The van der Waals surface area contributed by atoms with Crippen molar-refractivity contribution in [1.29, 1.82) is 0 Å². The van der Waals surface area contributed by atoms with Crippen LogP contribution in [0.1, 0.15) is 72.4 Å². The van der Waals surface area contributed by atoms with Crippen molar-refractivity contribution >= 4 is 70.1 Å². The van der Waals surface area contributed by atoms with Crippen LogP contribution in [-0.4, -0.2) is 76.5 Å². The van der Waals surface area contributed by atoms with Crippen LogP contribution in [0.4, 0.5) is 52.5 Å². The summed E-state index contributed by atoms with van der Waals surface area (Å²) in [4.78, 5) is 82.2. The number of rotatable bonds is 6. The van der Waals surface area contributed by atoms with Gasteiger partial charge in [-0.3, -0.25) is 29.2 Å². The zero-order valence-corrected chi connectivity index (χ0v) is 34.8. The van der Waals surface area contributed by atoms with Crippen molar-refractivity contribution in [3.8, 4) is 0 Å². The summed E-state index contributed by atoms with van der Waals surface area (Å²) in [5.41, 5.74) is 2.27. The van der Waals surface area contributed by atoms with Crippen molar-refractivity contribution < 1.29 is 56.5 Å². The number of ether oxygens (including phenoxy) is 4. The van der Waals surface area contributed by atoms with Gasteiger partial charge in [-0.25, -0.2) is 28.0 Å². The van der Waals surface area contributed by atoms with Gasteiger partial charge >= 0.3 is 24.1 Å². The standard InChI is InChI=1S/2C23H21FN2O5/c2*1-22(2)12-23(22)17-10-14(24)4-5-18(17)26(20(23)28)16-9-13(19(27)30-3)8-15(11-16)25-6-7-31-21(25)29/h2*4-5,8-11H,6-7,12H2,1-3H3. The number of esters is 2. The van der Waals surface area contributed by atoms with E-state index in [1.807, 2.05) is 27.7 Å². The van der Waals surface area contributed by atoms with Gasteiger partial charge in [0.05, 0.1) is 83.4 Å². The van der Waals surface area contributed by atoms with Crippen LogP contribution in [0, 0.1) is 22.5 Å². The zero-order chi connectivity index (χ0) is 44.3. The number of carbonyl (C=O) groups is 6. The maximum Gasteiger partial charge on any atom is 0.414 e. The summed E-state index contributed by atoms with van der Waals surface area (Å²) in [6.07, 6.45) is 0.160. The van der Waals surface area contributed by atoms with Gasteiger partial charge in [0.15, 0.2) is 0 Å². The highest BCUT2D eigenvalue weighted by molar-refractivity contribution is 6.17. The van der Waals surface area contributed by atoms with E-state index in [-0.39, 0.29) is 47.0 Å². The van der Waals surface area contributed by atoms with Gasteiger partial charge in [0, 0.05) is 0 Å². The van der Waals surface area contributed by atoms with E-state index in [0.717, 1.165) is 0 Å². The molecule has 2 atom stereocenters. The molecule has 62 heavy (non-hydrogen) atoms. The summed E-state index contributed by atoms with van der Waals surface area (Å²) in [5, 5.41) is 0. The fourth-order valence-corrected chi connectivity index (χ4v) is 9.81. The van der Waals surface area contributed by atoms with Gasteiger partial charge in [0.2, 0.25) is 11.8 Å². The van der Waals surface area contributed by atoms with Crippen LogP contribution in [-0.2, 0) is 39.4 Å². The lowest BCUT2D eigenvalue weighted by Gasteiger charge is -2.22. The molecule has 4 aromatic carbocycles. The number of cyclic esters (lactones) is 2. The number of methoxy groups -OCH3 is 2. The van der Waals surface area contributed by atoms with E-state index >= 15 is 0 Å². The number of nitrogens with zero attached hydrogens (tertiary/aromatic N) is 4. The Hall–Kier alpha value is -6.84. The quantitative estimate of drug-likeness (QED) is 0.139. The van der Waals surface area contributed by atoms with Crippen molar-refractivity contribution in [1.82, 2.24) is 0 Å². The largest absolute Gasteiger partial charge is 0.465 e. The highest BCUT2D eigenvalue weighted by atomic mass is 19.1. The molecular formula is C46H42F2N4O10. The third-order valence-corrected chi connectivity index (χ3v) is 13.2. The number of carbonyl (C=O) groups excluding carboxylic acids is 6. The molecule has 2 unspecified atom stereocenters. The van der Waals surface area contributed by atoms with E-state index in [4.69, 9.17) is 18.9 Å². The molecule has 2 aliphatic carbocycles. The SMILES string of the molecule is COC(=O)c1cc(N2CCOC2=O)cc(N2C(=O)C3(CC3(C)C)c3cc(F)ccc32)c1.COC(=O)c1cc(N2CCOC2=O)cc(N2C(=O)C3(CC3(C)C)c3cc(F)ccc32)c1. The summed E-state index contributed by atoms with van der Waals surface area (Å²) in [7, 11) is 2.53. The first-order chi connectivity index (χ1) is 29.4. The van der Waals surface area contributed by atoms with Gasteiger partial charge in [-0.05, 0) is 108 Å². The van der Waals surface area contributed by atoms with E-state index < -0.39 is 46.6 Å². The molecule has 4 fully saturated rings. The van der Waals surface area contributed by atoms with Crippen molar-refractivity contribution in [3.05, 3.63) is 107 Å². The van der Waals surface area contributed by atoms with Crippen molar-refractivity contribution in [2.45, 2.75) is 51.4 Å². The molecule has 0 radical (unpaired) electrons. The first-order valence-corrected chi connectivity index (χ1v) is 20.0. The van der Waals surface area contributed by atoms with Crippen LogP contribution in [0.25, 0.3) is 0 Å². The maximum atomic E-state index is 14.1. The fraction of sp³-hybridized carbons (Fsp3) is 0.348. The van der Waals surface area contributed by atoms with Crippen LogP contribution in [0.3, 0.4) is 0 Å². The molecule has 2 saturated carbocycles. The summed E-state index contributed by atoms with van der Waals surface area (Å²) in [6, 6.07) is 18.1. The first-order valence-electron chi connectivity index (χ1n) is 20.0. The molecule has 0 bridgehead atoms. The van der Waals surface area contributed by atoms with E-state index in [2.05, 4.69) is 0 Å². The second kappa shape index (κ2) is 13.8. The van der Waals surface area contributed by atoms with Crippen molar-refractivity contribution in [2.24, 2.45) is 10.8 Å². The lowest BCUT2D eigenvalue weighted by molar-refractivity contribution is -0.121. The molecule has 0 aromatic heterocycles. The lowest BCUT2D eigenvalue weighted by Crippen LogP contribution is -2.31. The van der Waals surface area contributed by atoms with Crippen molar-refractivity contribution in [2.75, 3.05) is 60.1 Å². The summed E-state index contributed by atoms with van der Waals surface area (Å²) in [6.45, 7) is 9.07. The molecule has 4 aliphatic heterocycles. The molecule has 16 heteroatoms. The van der Waals surface area contributed by atoms with Crippen LogP contribution >= 0.6 is 0 Å². The number of hydrogen-bond donors (Lipinski definition) is 0. The second-order valence-corrected chi connectivity index (χ2v) is 17.5. The number of fused-ring (bicyclic) bond motifs is 4. The van der Waals surface area contributed by atoms with E-state index in [0.29, 0.717) is 71.2 Å². The van der Waals surface area contributed by atoms with E-state index in [1.54, 1.807) is 36.4 Å². The number of halogens is 2. The molecule has 14 nitrogen and oxygen atoms in total. The Morgan fingerprint density at radius 2 is 0.919 bits per heavy atom. The normalized spacial score (nSPS) is 23.2. The Morgan fingerprint density at radius 1 is 0.565 bits per heavy atom. The van der Waals surface area contributed by atoms with Gasteiger partial charge in [0.25, 0.3) is 0 Å². The summed E-state index contributed by atoms with van der Waals surface area (Å²) in [5.74, 6) is -2.34. The molecule has 320 valence electrons. The number of benzene rings is 4. The number of amides is 4. The third-order valence-electron chi connectivity index (χ3n) is 13.2. The van der Waals surface area contributed by atoms with Crippen LogP contribution < -0.4 is 19.6 Å². The van der Waals surface area contributed by atoms with Crippen LogP contribution in [0.15, 0.2) is 72.8 Å². The average molecular weight is 849 g/mol. The molecule has 2 spiro atoms. The van der Waals surface area contributed by atoms with Crippen molar-refractivity contribution in [3.63, 3.8) is 0 Å². The minimum Gasteiger partial charge on any atom is -0.465 e. The molecule has 10 rings (SSSR count). The van der Waals surface area contributed by atoms with Crippen LogP contribution in [0.2, 0.25) is 0 Å². The Labute approximate surface area is 354 Å². The lowest BCUT2D eigenvalue weighted by atomic mass is 9.89. The minimum atomic E-state index is -0.807. The highest BCUT2D eigenvalue weighted by Gasteiger charge is 2.73. The maximum absolute atomic E-state index is 14.1. The van der Waals surface area contributed by atoms with Gasteiger partial charge < -0.3 is 18.9 Å². The highest BCUT2D eigenvalue weighted by Crippen LogP contribution is 2.71. The van der Waals surface area contributed by atoms with Gasteiger partial charge in [-0.1, -0.05) is 27.7 Å². The summed E-state index contributed by atoms with van der Waals surface area (Å²) >= 11 is 0. The molecule has 2 saturated heterocycles. The second-order valence-electron chi connectivity index (χ2n) is 17.5. The molecule has 4 aromatic rings. The van der Waals surface area contributed by atoms with E-state index in [9.17, 15) is 37.5 Å². The smallest absolute Gasteiger partial charge is 0.414 e. The molecule has 4 amide bonds. The topological polar surface area (TPSA) is 152 Å². The first kappa shape index (κ1) is 40.6. The van der Waals surface area contributed by atoms with Gasteiger partial charge in [0.1, 0.15) is 24.8 Å². The summed E-state index contributed by atoms with van der Waals surface area (Å²) < 4.78 is 48.0. The monoisotopic (exact) mass is 848 g/mol. The van der Waals surface area contributed by atoms with Gasteiger partial charge in [-0.15, -0.1) is 0 Å².